The maximum Gasteiger partial charge on any atom is 0.305 e. The Morgan fingerprint density at radius 2 is 2.20 bits per heavy atom. The highest BCUT2D eigenvalue weighted by Gasteiger charge is 1.98. The molecule has 0 aromatic heterocycles. The zero-order valence-corrected chi connectivity index (χ0v) is 9.46. The molecular weight excluding hydrogens is 194 g/mol. The molecule has 0 bridgehead atoms. The van der Waals surface area contributed by atoms with Gasteiger partial charge in [-0.1, -0.05) is 6.08 Å². The molecule has 15 heavy (non-hydrogen) atoms. The van der Waals surface area contributed by atoms with Crippen LogP contribution < -0.4 is 5.32 Å². The van der Waals surface area contributed by atoms with Gasteiger partial charge in [-0.2, -0.15) is 0 Å². The SMILES string of the molecule is C=CCCOCCNCCCC(=O)OC. The predicted molar refractivity (Wildman–Crippen MR) is 59.8 cm³/mol. The second kappa shape index (κ2) is 11.2. The first-order chi connectivity index (χ1) is 7.31. The van der Waals surface area contributed by atoms with Gasteiger partial charge in [-0.05, 0) is 19.4 Å². The Labute approximate surface area is 91.6 Å². The van der Waals surface area contributed by atoms with Crippen molar-refractivity contribution in [1.29, 1.82) is 0 Å². The standard InChI is InChI=1S/C11H21NO3/c1-3-4-9-15-10-8-12-7-5-6-11(13)14-2/h3,12H,1,4-10H2,2H3. The van der Waals surface area contributed by atoms with Crippen molar-refractivity contribution < 1.29 is 14.3 Å². The molecule has 0 aliphatic carbocycles. The molecule has 0 aliphatic heterocycles. The number of methoxy groups -OCH3 is 1. The third-order valence-corrected chi connectivity index (χ3v) is 1.85. The van der Waals surface area contributed by atoms with Crippen LogP contribution in [-0.2, 0) is 14.3 Å². The lowest BCUT2D eigenvalue weighted by atomic mass is 10.3. The zero-order chi connectivity index (χ0) is 11.4. The minimum atomic E-state index is -0.154. The molecule has 4 heteroatoms. The second-order valence-electron chi connectivity index (χ2n) is 3.12. The van der Waals surface area contributed by atoms with Gasteiger partial charge in [0.25, 0.3) is 0 Å². The molecule has 0 unspecified atom stereocenters. The molecule has 88 valence electrons. The predicted octanol–water partition coefficient (Wildman–Crippen LogP) is 1.12. The van der Waals surface area contributed by atoms with Crippen molar-refractivity contribution in [2.24, 2.45) is 0 Å². The minimum Gasteiger partial charge on any atom is -0.469 e. The van der Waals surface area contributed by atoms with Crippen molar-refractivity contribution in [2.75, 3.05) is 33.4 Å². The Balaban J connectivity index is 2.98. The molecule has 0 rings (SSSR count). The molecule has 1 N–H and O–H groups in total. The van der Waals surface area contributed by atoms with Gasteiger partial charge in [-0.3, -0.25) is 4.79 Å². The van der Waals surface area contributed by atoms with Crippen LogP contribution in [0.5, 0.6) is 0 Å². The fraction of sp³-hybridized carbons (Fsp3) is 0.727. The third kappa shape index (κ3) is 11.1. The van der Waals surface area contributed by atoms with Gasteiger partial charge in [0.15, 0.2) is 0 Å². The smallest absolute Gasteiger partial charge is 0.305 e. The first kappa shape index (κ1) is 14.1. The van der Waals surface area contributed by atoms with E-state index in [1.54, 1.807) is 0 Å². The third-order valence-electron chi connectivity index (χ3n) is 1.85. The largest absolute Gasteiger partial charge is 0.469 e. The van der Waals surface area contributed by atoms with E-state index in [-0.39, 0.29) is 5.97 Å². The summed E-state index contributed by atoms with van der Waals surface area (Å²) in [6.45, 7) is 6.67. The summed E-state index contributed by atoms with van der Waals surface area (Å²) in [5.74, 6) is -0.154. The highest BCUT2D eigenvalue weighted by atomic mass is 16.5. The number of nitrogens with one attached hydrogen (secondary N) is 1. The van der Waals surface area contributed by atoms with E-state index in [9.17, 15) is 4.79 Å². The first-order valence-corrected chi connectivity index (χ1v) is 5.27. The van der Waals surface area contributed by atoms with Crippen molar-refractivity contribution in [3.8, 4) is 0 Å². The van der Waals surface area contributed by atoms with Gasteiger partial charge in [-0.25, -0.2) is 0 Å². The molecule has 0 spiro atoms. The van der Waals surface area contributed by atoms with Crippen molar-refractivity contribution in [1.82, 2.24) is 5.32 Å². The van der Waals surface area contributed by atoms with Crippen LogP contribution in [0.25, 0.3) is 0 Å². The zero-order valence-electron chi connectivity index (χ0n) is 9.46. The Kier molecular flexibility index (Phi) is 10.6. The first-order valence-electron chi connectivity index (χ1n) is 5.27. The van der Waals surface area contributed by atoms with Gasteiger partial charge >= 0.3 is 5.97 Å². The molecule has 0 saturated carbocycles. The van der Waals surface area contributed by atoms with Crippen LogP contribution in [0.15, 0.2) is 12.7 Å². The summed E-state index contributed by atoms with van der Waals surface area (Å²) in [6.07, 6.45) is 4.01. The topological polar surface area (TPSA) is 47.6 Å². The second-order valence-corrected chi connectivity index (χ2v) is 3.12. The van der Waals surface area contributed by atoms with Gasteiger partial charge in [-0.15, -0.1) is 6.58 Å². The van der Waals surface area contributed by atoms with Crippen LogP contribution in [-0.4, -0.2) is 39.4 Å². The van der Waals surface area contributed by atoms with Gasteiger partial charge in [0, 0.05) is 13.0 Å². The molecule has 0 aliphatic rings. The summed E-state index contributed by atoms with van der Waals surface area (Å²) < 4.78 is 9.82. The molecule has 0 aromatic carbocycles. The Hall–Kier alpha value is -0.870. The molecule has 0 fully saturated rings. The summed E-state index contributed by atoms with van der Waals surface area (Å²) >= 11 is 0. The minimum absolute atomic E-state index is 0.154. The van der Waals surface area contributed by atoms with Gasteiger partial charge in [0.05, 0.1) is 20.3 Å². The van der Waals surface area contributed by atoms with E-state index in [1.165, 1.54) is 7.11 Å². The number of ether oxygens (including phenoxy) is 2. The van der Waals surface area contributed by atoms with E-state index in [1.807, 2.05) is 6.08 Å². The summed E-state index contributed by atoms with van der Waals surface area (Å²) in [6, 6.07) is 0. The lowest BCUT2D eigenvalue weighted by Gasteiger charge is -2.04. The van der Waals surface area contributed by atoms with Crippen LogP contribution >= 0.6 is 0 Å². The highest BCUT2D eigenvalue weighted by Crippen LogP contribution is 1.89. The van der Waals surface area contributed by atoms with Crippen LogP contribution in [0, 0.1) is 0 Å². The monoisotopic (exact) mass is 215 g/mol. The van der Waals surface area contributed by atoms with Crippen LogP contribution in [0.1, 0.15) is 19.3 Å². The van der Waals surface area contributed by atoms with E-state index in [4.69, 9.17) is 4.74 Å². The Morgan fingerprint density at radius 3 is 2.87 bits per heavy atom. The van der Waals surface area contributed by atoms with E-state index in [0.29, 0.717) is 13.0 Å². The van der Waals surface area contributed by atoms with E-state index >= 15 is 0 Å². The lowest BCUT2D eigenvalue weighted by molar-refractivity contribution is -0.140. The summed E-state index contributed by atoms with van der Waals surface area (Å²) in [7, 11) is 1.41. The average molecular weight is 215 g/mol. The number of hydrogen-bond donors (Lipinski definition) is 1. The van der Waals surface area contributed by atoms with Crippen molar-refractivity contribution in [3.63, 3.8) is 0 Å². The summed E-state index contributed by atoms with van der Waals surface area (Å²) in [5, 5.41) is 3.18. The van der Waals surface area contributed by atoms with Crippen molar-refractivity contribution in [3.05, 3.63) is 12.7 Å². The summed E-state index contributed by atoms with van der Waals surface area (Å²) in [4.78, 5) is 10.7. The van der Waals surface area contributed by atoms with E-state index < -0.39 is 0 Å². The van der Waals surface area contributed by atoms with Crippen molar-refractivity contribution in [2.45, 2.75) is 19.3 Å². The number of rotatable bonds is 10. The van der Waals surface area contributed by atoms with Gasteiger partial charge in [0.2, 0.25) is 0 Å². The number of hydrogen-bond acceptors (Lipinski definition) is 4. The molecule has 0 atom stereocenters. The fourth-order valence-electron chi connectivity index (χ4n) is 0.998. The average Bonchev–Trinajstić information content (AvgIpc) is 2.26. The molecule has 0 saturated heterocycles. The number of carbonyl (C=O) groups excluding carboxylic acids is 1. The van der Waals surface area contributed by atoms with Gasteiger partial charge in [0.1, 0.15) is 0 Å². The number of esters is 1. The van der Waals surface area contributed by atoms with Crippen LogP contribution in [0.4, 0.5) is 0 Å². The molecule has 4 nitrogen and oxygen atoms in total. The fourth-order valence-corrected chi connectivity index (χ4v) is 0.998. The normalized spacial score (nSPS) is 9.93. The quantitative estimate of drug-likeness (QED) is 0.337. The maximum atomic E-state index is 10.7. The van der Waals surface area contributed by atoms with E-state index in [0.717, 1.165) is 32.5 Å². The molecule has 0 heterocycles. The van der Waals surface area contributed by atoms with E-state index in [2.05, 4.69) is 16.6 Å². The molecular formula is C11H21NO3. The molecule has 0 amide bonds. The van der Waals surface area contributed by atoms with Crippen molar-refractivity contribution >= 4 is 5.97 Å². The maximum absolute atomic E-state index is 10.7. The highest BCUT2D eigenvalue weighted by molar-refractivity contribution is 5.68. The van der Waals surface area contributed by atoms with Crippen LogP contribution in [0.3, 0.4) is 0 Å². The van der Waals surface area contributed by atoms with Crippen LogP contribution in [0.2, 0.25) is 0 Å². The van der Waals surface area contributed by atoms with Gasteiger partial charge < -0.3 is 14.8 Å². The number of carbonyl (C=O) groups is 1. The molecule has 0 radical (unpaired) electrons. The lowest BCUT2D eigenvalue weighted by Crippen LogP contribution is -2.21. The molecule has 0 aromatic rings. The Morgan fingerprint density at radius 1 is 1.40 bits per heavy atom. The Bertz CT molecular complexity index is 171. The summed E-state index contributed by atoms with van der Waals surface area (Å²) in [5.41, 5.74) is 0.